The van der Waals surface area contributed by atoms with Gasteiger partial charge >= 0.3 is 5.97 Å². The van der Waals surface area contributed by atoms with Crippen LogP contribution >= 0.6 is 0 Å². The van der Waals surface area contributed by atoms with Gasteiger partial charge in [0, 0.05) is 35.9 Å². The van der Waals surface area contributed by atoms with Gasteiger partial charge in [0.25, 0.3) is 0 Å². The minimum atomic E-state index is -0.511. The van der Waals surface area contributed by atoms with E-state index in [9.17, 15) is 9.59 Å². The maximum Gasteiger partial charge on any atom is 0.338 e. The fourth-order valence-electron chi connectivity index (χ4n) is 5.03. The topological polar surface area (TPSA) is 71.5 Å². The van der Waals surface area contributed by atoms with E-state index in [4.69, 9.17) is 9.73 Å². The quantitative estimate of drug-likeness (QED) is 0.338. The zero-order valence-corrected chi connectivity index (χ0v) is 19.6. The molecule has 2 atom stereocenters. The summed E-state index contributed by atoms with van der Waals surface area (Å²) >= 11 is 0. The Kier molecular flexibility index (Phi) is 7.55. The number of ether oxygens (including phenoxy) is 1. The maximum absolute atomic E-state index is 12.2. The summed E-state index contributed by atoms with van der Waals surface area (Å²) in [6.07, 6.45) is 11.5. The number of fused-ring (bicyclic) bond motifs is 4. The molecule has 0 spiro atoms. The van der Waals surface area contributed by atoms with Crippen molar-refractivity contribution in [1.29, 1.82) is 0 Å². The van der Waals surface area contributed by atoms with Crippen LogP contribution in [0.15, 0.2) is 75.6 Å². The van der Waals surface area contributed by atoms with E-state index < -0.39 is 5.54 Å². The SMILES string of the molecule is C.C/C=C1\C2C=C(C)CC1(N=C/C=C/c1cccc(C(=O)OC(C)C)c1)c1ccc(=O)[nH]c1C2. The van der Waals surface area contributed by atoms with Crippen molar-refractivity contribution in [3.8, 4) is 0 Å². The molecular weight excluding hydrogens is 424 g/mol. The predicted octanol–water partition coefficient (Wildman–Crippen LogP) is 6.02. The summed E-state index contributed by atoms with van der Waals surface area (Å²) in [5.41, 5.74) is 5.46. The van der Waals surface area contributed by atoms with Crippen molar-refractivity contribution in [3.63, 3.8) is 0 Å². The standard InChI is InChI=1S/C28H30N2O3.CH4/c1-5-23-22-14-19(4)17-28(23,24-11-12-26(31)30-25(24)16-22)29-13-7-9-20-8-6-10-21(15-20)27(32)33-18(2)3;/h5-15,18,22H,16-17H2,1-4H3,(H,30,31);1H4/b9-7+,23-5+,29-13?;. The van der Waals surface area contributed by atoms with Crippen molar-refractivity contribution in [3.05, 3.63) is 98.5 Å². The molecule has 0 amide bonds. The molecule has 178 valence electrons. The van der Waals surface area contributed by atoms with E-state index in [2.05, 4.69) is 31.0 Å². The number of allylic oxidation sites excluding steroid dienone is 3. The van der Waals surface area contributed by atoms with Crippen molar-refractivity contribution in [2.24, 2.45) is 10.9 Å². The van der Waals surface area contributed by atoms with Crippen LogP contribution in [-0.2, 0) is 16.7 Å². The highest BCUT2D eigenvalue weighted by atomic mass is 16.5. The van der Waals surface area contributed by atoms with E-state index in [0.29, 0.717) is 5.56 Å². The maximum atomic E-state index is 12.2. The lowest BCUT2D eigenvalue weighted by Gasteiger charge is -2.45. The average molecular weight is 459 g/mol. The third-order valence-electron chi connectivity index (χ3n) is 6.21. The number of esters is 1. The highest BCUT2D eigenvalue weighted by molar-refractivity contribution is 5.90. The molecule has 0 radical (unpaired) electrons. The highest BCUT2D eigenvalue weighted by Gasteiger charge is 2.46. The van der Waals surface area contributed by atoms with Gasteiger partial charge in [-0.3, -0.25) is 9.79 Å². The first-order chi connectivity index (χ1) is 15.8. The van der Waals surface area contributed by atoms with Gasteiger partial charge in [-0.05, 0) is 69.5 Å². The fraction of sp³-hybridized carbons (Fsp3) is 0.345. The second-order valence-corrected chi connectivity index (χ2v) is 9.04. The number of carbonyl (C=O) groups is 1. The number of rotatable bonds is 5. The number of aromatic amines is 1. The van der Waals surface area contributed by atoms with Gasteiger partial charge in [0.2, 0.25) is 5.56 Å². The molecule has 1 aromatic carbocycles. The molecule has 1 aromatic heterocycles. The zero-order chi connectivity index (χ0) is 23.6. The van der Waals surface area contributed by atoms with Crippen molar-refractivity contribution in [2.75, 3.05) is 0 Å². The minimum absolute atomic E-state index is 0. The van der Waals surface area contributed by atoms with E-state index in [1.807, 2.05) is 56.5 Å². The zero-order valence-electron chi connectivity index (χ0n) is 19.6. The molecule has 4 rings (SSSR count). The number of aromatic nitrogens is 1. The largest absolute Gasteiger partial charge is 0.459 e. The molecule has 0 saturated heterocycles. The Morgan fingerprint density at radius 1 is 1.26 bits per heavy atom. The van der Waals surface area contributed by atoms with E-state index >= 15 is 0 Å². The average Bonchev–Trinajstić information content (AvgIpc) is 2.76. The van der Waals surface area contributed by atoms with Gasteiger partial charge in [-0.15, -0.1) is 0 Å². The molecule has 0 aliphatic heterocycles. The lowest BCUT2D eigenvalue weighted by Crippen LogP contribution is -2.40. The number of aliphatic imine (C=N–C) groups is 1. The fourth-order valence-corrected chi connectivity index (χ4v) is 5.03. The second kappa shape index (κ2) is 10.2. The predicted molar refractivity (Wildman–Crippen MR) is 139 cm³/mol. The van der Waals surface area contributed by atoms with Crippen LogP contribution in [0.3, 0.4) is 0 Å². The number of pyridine rings is 1. The lowest BCUT2D eigenvalue weighted by molar-refractivity contribution is 0.0378. The molecule has 0 fully saturated rings. The molecule has 1 N–H and O–H groups in total. The Hall–Kier alpha value is -3.47. The molecule has 1 heterocycles. The molecule has 5 nitrogen and oxygen atoms in total. The number of hydrogen-bond acceptors (Lipinski definition) is 4. The van der Waals surface area contributed by atoms with Crippen molar-refractivity contribution in [2.45, 2.75) is 59.6 Å². The molecule has 2 aliphatic carbocycles. The summed E-state index contributed by atoms with van der Waals surface area (Å²) in [7, 11) is 0. The van der Waals surface area contributed by atoms with Crippen LogP contribution in [0.2, 0.25) is 0 Å². The Balaban J connectivity index is 0.00000324. The molecule has 5 heteroatoms. The highest BCUT2D eigenvalue weighted by Crippen LogP contribution is 2.51. The minimum Gasteiger partial charge on any atom is -0.459 e. The van der Waals surface area contributed by atoms with Crippen molar-refractivity contribution < 1.29 is 9.53 Å². The van der Waals surface area contributed by atoms with Gasteiger partial charge in [0.1, 0.15) is 5.54 Å². The van der Waals surface area contributed by atoms with Crippen LogP contribution < -0.4 is 5.56 Å². The number of nitrogens with zero attached hydrogens (tertiary/aromatic N) is 1. The van der Waals surface area contributed by atoms with Crippen LogP contribution in [0.1, 0.15) is 68.7 Å². The van der Waals surface area contributed by atoms with Gasteiger partial charge in [-0.2, -0.15) is 0 Å². The summed E-state index contributed by atoms with van der Waals surface area (Å²) in [5, 5.41) is 0. The van der Waals surface area contributed by atoms with E-state index in [1.165, 1.54) is 11.1 Å². The van der Waals surface area contributed by atoms with Crippen molar-refractivity contribution >= 4 is 18.3 Å². The third-order valence-corrected chi connectivity index (χ3v) is 6.21. The second-order valence-electron chi connectivity index (χ2n) is 9.04. The van der Waals surface area contributed by atoms with Crippen LogP contribution in [-0.4, -0.2) is 23.3 Å². The molecule has 0 saturated carbocycles. The van der Waals surface area contributed by atoms with E-state index in [0.717, 1.165) is 29.7 Å². The van der Waals surface area contributed by atoms with Gasteiger partial charge in [0.05, 0.1) is 11.7 Å². The monoisotopic (exact) mass is 458 g/mol. The lowest BCUT2D eigenvalue weighted by atomic mass is 9.63. The van der Waals surface area contributed by atoms with Gasteiger partial charge in [-0.25, -0.2) is 4.79 Å². The van der Waals surface area contributed by atoms with Gasteiger partial charge < -0.3 is 9.72 Å². The van der Waals surface area contributed by atoms with Crippen LogP contribution in [0, 0.1) is 5.92 Å². The molecule has 2 aliphatic rings. The van der Waals surface area contributed by atoms with Crippen LogP contribution in [0.25, 0.3) is 6.08 Å². The third kappa shape index (κ3) is 4.89. The first kappa shape index (κ1) is 25.2. The Labute approximate surface area is 202 Å². The Morgan fingerprint density at radius 3 is 2.79 bits per heavy atom. The number of hydrogen-bond donors (Lipinski definition) is 1. The molecule has 34 heavy (non-hydrogen) atoms. The van der Waals surface area contributed by atoms with Crippen molar-refractivity contribution in [1.82, 2.24) is 4.98 Å². The molecular formula is C29H34N2O3. The summed E-state index contributed by atoms with van der Waals surface area (Å²) in [6.45, 7) is 7.89. The first-order valence-corrected chi connectivity index (χ1v) is 11.4. The number of H-pyrrole nitrogens is 1. The first-order valence-electron chi connectivity index (χ1n) is 11.4. The van der Waals surface area contributed by atoms with Gasteiger partial charge in [0.15, 0.2) is 0 Å². The summed E-state index contributed by atoms with van der Waals surface area (Å²) < 4.78 is 5.29. The Bertz CT molecular complexity index is 1250. The van der Waals surface area contributed by atoms with E-state index in [1.54, 1.807) is 12.1 Å². The number of nitrogens with one attached hydrogen (secondary N) is 1. The van der Waals surface area contributed by atoms with Gasteiger partial charge in [-0.1, -0.05) is 43.4 Å². The molecule has 2 unspecified atom stereocenters. The van der Waals surface area contributed by atoms with Crippen LogP contribution in [0.4, 0.5) is 0 Å². The number of carbonyl (C=O) groups excluding carboxylic acids is 1. The summed E-state index contributed by atoms with van der Waals surface area (Å²) in [5.74, 6) is -0.0899. The smallest absolute Gasteiger partial charge is 0.338 e. The summed E-state index contributed by atoms with van der Waals surface area (Å²) in [6, 6.07) is 10.9. The molecule has 2 bridgehead atoms. The van der Waals surface area contributed by atoms with E-state index in [-0.39, 0.29) is 31.0 Å². The normalized spacial score (nSPS) is 22.6. The number of benzene rings is 1. The van der Waals surface area contributed by atoms with Crippen LogP contribution in [0.5, 0.6) is 0 Å². The Morgan fingerprint density at radius 2 is 2.06 bits per heavy atom. The molecule has 2 aromatic rings. The summed E-state index contributed by atoms with van der Waals surface area (Å²) in [4.78, 5) is 32.3.